The first-order chi connectivity index (χ1) is 11.5. The summed E-state index contributed by atoms with van der Waals surface area (Å²) in [5.41, 5.74) is 1.69. The first-order valence-corrected chi connectivity index (χ1v) is 7.50. The lowest BCUT2D eigenvalue weighted by molar-refractivity contribution is -0.142. The van der Waals surface area contributed by atoms with E-state index in [1.807, 2.05) is 29.0 Å². The Bertz CT molecular complexity index is 715. The van der Waals surface area contributed by atoms with Gasteiger partial charge in [0.2, 0.25) is 0 Å². The Morgan fingerprint density at radius 1 is 1.29 bits per heavy atom. The maximum absolute atomic E-state index is 13.3. The molecule has 0 bridgehead atoms. The van der Waals surface area contributed by atoms with Crippen LogP contribution in [0.2, 0.25) is 0 Å². The fourth-order valence-electron chi connectivity index (χ4n) is 2.25. The summed E-state index contributed by atoms with van der Waals surface area (Å²) < 4.78 is 19.7. The lowest BCUT2D eigenvalue weighted by atomic mass is 10.2. The Morgan fingerprint density at radius 2 is 2.08 bits per heavy atom. The third-order valence-electron chi connectivity index (χ3n) is 3.50. The quantitative estimate of drug-likeness (QED) is 0.795. The number of urea groups is 1. The molecule has 2 amide bonds. The summed E-state index contributed by atoms with van der Waals surface area (Å²) in [5, 5.41) is 5.17. The molecular weight excluding hydrogens is 313 g/mol. The largest absolute Gasteiger partial charge is 0.467 e. The maximum Gasteiger partial charge on any atom is 0.328 e. The first kappa shape index (κ1) is 17.5. The van der Waals surface area contributed by atoms with Gasteiger partial charge in [0.1, 0.15) is 11.9 Å². The van der Waals surface area contributed by atoms with Crippen molar-refractivity contribution < 1.29 is 18.7 Å². The minimum absolute atomic E-state index is 0.280. The second-order valence-electron chi connectivity index (χ2n) is 5.33. The molecule has 0 aliphatic heterocycles. The van der Waals surface area contributed by atoms with Crippen LogP contribution in [0.15, 0.2) is 42.6 Å². The van der Waals surface area contributed by atoms with E-state index in [0.29, 0.717) is 6.54 Å². The van der Waals surface area contributed by atoms with E-state index >= 15 is 0 Å². The van der Waals surface area contributed by atoms with E-state index in [4.69, 9.17) is 0 Å². The van der Waals surface area contributed by atoms with Crippen molar-refractivity contribution in [2.45, 2.75) is 26.1 Å². The number of nitrogens with one attached hydrogen (secondary N) is 2. The minimum Gasteiger partial charge on any atom is -0.467 e. The van der Waals surface area contributed by atoms with Gasteiger partial charge in [0.05, 0.1) is 13.7 Å². The number of halogens is 1. The smallest absolute Gasteiger partial charge is 0.328 e. The molecule has 1 aromatic heterocycles. The summed E-state index contributed by atoms with van der Waals surface area (Å²) in [6.07, 6.45) is 1.86. The normalized spacial score (nSPS) is 11.6. The number of hydrogen-bond acceptors (Lipinski definition) is 3. The molecule has 0 saturated carbocycles. The van der Waals surface area contributed by atoms with Crippen LogP contribution < -0.4 is 10.6 Å². The lowest BCUT2D eigenvalue weighted by Gasteiger charge is -2.14. The van der Waals surface area contributed by atoms with Crippen LogP contribution in [0, 0.1) is 5.82 Å². The van der Waals surface area contributed by atoms with Crippen LogP contribution in [0.3, 0.4) is 0 Å². The first-order valence-electron chi connectivity index (χ1n) is 7.50. The summed E-state index contributed by atoms with van der Waals surface area (Å²) >= 11 is 0. The van der Waals surface area contributed by atoms with Gasteiger partial charge in [-0.2, -0.15) is 0 Å². The van der Waals surface area contributed by atoms with Crippen LogP contribution >= 0.6 is 0 Å². The molecule has 1 aromatic carbocycles. The zero-order valence-electron chi connectivity index (χ0n) is 13.6. The molecular formula is C17H20FN3O3. The van der Waals surface area contributed by atoms with E-state index < -0.39 is 18.0 Å². The molecule has 0 unspecified atom stereocenters. The molecule has 2 N–H and O–H groups in total. The molecule has 0 saturated heterocycles. The highest BCUT2D eigenvalue weighted by Crippen LogP contribution is 2.09. The number of aromatic nitrogens is 1. The van der Waals surface area contributed by atoms with Gasteiger partial charge in [-0.25, -0.2) is 14.0 Å². The molecule has 0 fully saturated rings. The molecule has 128 valence electrons. The van der Waals surface area contributed by atoms with E-state index in [0.717, 1.165) is 11.3 Å². The summed E-state index contributed by atoms with van der Waals surface area (Å²) in [7, 11) is 1.26. The molecule has 24 heavy (non-hydrogen) atoms. The Labute approximate surface area is 139 Å². The molecule has 0 aliphatic rings. The number of carbonyl (C=O) groups excluding carboxylic acids is 2. The number of ether oxygens (including phenoxy) is 1. The predicted octanol–water partition coefficient (Wildman–Crippen LogP) is 2.04. The van der Waals surface area contributed by atoms with Gasteiger partial charge in [0.15, 0.2) is 0 Å². The number of hydrogen-bond donors (Lipinski definition) is 2. The molecule has 2 aromatic rings. The predicted molar refractivity (Wildman–Crippen MR) is 86.8 cm³/mol. The van der Waals surface area contributed by atoms with Crippen molar-refractivity contribution in [1.82, 2.24) is 15.2 Å². The molecule has 0 radical (unpaired) electrons. The van der Waals surface area contributed by atoms with Crippen LogP contribution in [0.25, 0.3) is 0 Å². The number of esters is 1. The van der Waals surface area contributed by atoms with E-state index in [2.05, 4.69) is 15.4 Å². The Morgan fingerprint density at radius 3 is 2.79 bits per heavy atom. The number of benzene rings is 1. The highest BCUT2D eigenvalue weighted by atomic mass is 19.1. The van der Waals surface area contributed by atoms with Crippen molar-refractivity contribution >= 4 is 12.0 Å². The van der Waals surface area contributed by atoms with Crippen molar-refractivity contribution in [2.24, 2.45) is 0 Å². The number of methoxy groups -OCH3 is 1. The van der Waals surface area contributed by atoms with Crippen molar-refractivity contribution in [3.63, 3.8) is 0 Å². The zero-order valence-corrected chi connectivity index (χ0v) is 13.6. The topological polar surface area (TPSA) is 72.4 Å². The van der Waals surface area contributed by atoms with Gasteiger partial charge in [-0.05, 0) is 36.8 Å². The SMILES string of the molecule is COC(=O)[C@H](C)NC(=O)NCc1cccn1Cc1cccc(F)c1. The van der Waals surface area contributed by atoms with Crippen molar-refractivity contribution in [3.8, 4) is 0 Å². The highest BCUT2D eigenvalue weighted by Gasteiger charge is 2.15. The lowest BCUT2D eigenvalue weighted by Crippen LogP contribution is -2.44. The van der Waals surface area contributed by atoms with Gasteiger partial charge in [0.25, 0.3) is 0 Å². The van der Waals surface area contributed by atoms with Gasteiger partial charge in [-0.15, -0.1) is 0 Å². The summed E-state index contributed by atoms with van der Waals surface area (Å²) in [5.74, 6) is -0.796. The van der Waals surface area contributed by atoms with E-state index in [9.17, 15) is 14.0 Å². The third-order valence-corrected chi connectivity index (χ3v) is 3.50. The summed E-state index contributed by atoms with van der Waals surface area (Å²) in [6, 6.07) is 8.89. The second-order valence-corrected chi connectivity index (χ2v) is 5.33. The monoisotopic (exact) mass is 333 g/mol. The fraction of sp³-hybridized carbons (Fsp3) is 0.294. The maximum atomic E-state index is 13.3. The second kappa shape index (κ2) is 8.14. The van der Waals surface area contributed by atoms with Crippen LogP contribution in [-0.2, 0) is 22.6 Å². The Hall–Kier alpha value is -2.83. The summed E-state index contributed by atoms with van der Waals surface area (Å²) in [4.78, 5) is 23.1. The number of amides is 2. The number of nitrogens with zero attached hydrogens (tertiary/aromatic N) is 1. The standard InChI is InChI=1S/C17H20FN3O3/c1-12(16(22)24-2)20-17(23)19-10-15-7-4-8-21(15)11-13-5-3-6-14(18)9-13/h3-9,12H,10-11H2,1-2H3,(H2,19,20,23)/t12-/m0/s1. The number of carbonyl (C=O) groups is 2. The molecule has 0 spiro atoms. The third kappa shape index (κ3) is 4.84. The van der Waals surface area contributed by atoms with Crippen molar-refractivity contribution in [2.75, 3.05) is 7.11 Å². The molecule has 2 rings (SSSR count). The van der Waals surface area contributed by atoms with Gasteiger partial charge >= 0.3 is 12.0 Å². The van der Waals surface area contributed by atoms with Gasteiger partial charge in [0, 0.05) is 18.4 Å². The van der Waals surface area contributed by atoms with Gasteiger partial charge < -0.3 is 19.9 Å². The van der Waals surface area contributed by atoms with Crippen LogP contribution in [0.1, 0.15) is 18.2 Å². The van der Waals surface area contributed by atoms with Crippen LogP contribution in [0.5, 0.6) is 0 Å². The van der Waals surface area contributed by atoms with E-state index in [1.54, 1.807) is 6.07 Å². The van der Waals surface area contributed by atoms with Crippen LogP contribution in [0.4, 0.5) is 9.18 Å². The Kier molecular flexibility index (Phi) is 5.95. The molecule has 7 heteroatoms. The molecule has 6 nitrogen and oxygen atoms in total. The average Bonchev–Trinajstić information content (AvgIpc) is 2.99. The summed E-state index contributed by atoms with van der Waals surface area (Å²) in [6.45, 7) is 2.32. The minimum atomic E-state index is -0.728. The van der Waals surface area contributed by atoms with E-state index in [1.165, 1.54) is 26.2 Å². The fourth-order valence-corrected chi connectivity index (χ4v) is 2.25. The average molecular weight is 333 g/mol. The molecule has 1 atom stereocenters. The zero-order chi connectivity index (χ0) is 17.5. The van der Waals surface area contributed by atoms with Crippen molar-refractivity contribution in [3.05, 3.63) is 59.7 Å². The highest BCUT2D eigenvalue weighted by molar-refractivity contribution is 5.83. The van der Waals surface area contributed by atoms with Gasteiger partial charge in [-0.1, -0.05) is 12.1 Å². The van der Waals surface area contributed by atoms with Gasteiger partial charge in [-0.3, -0.25) is 0 Å². The van der Waals surface area contributed by atoms with Crippen LogP contribution in [-0.4, -0.2) is 29.7 Å². The molecule has 0 aliphatic carbocycles. The number of rotatable bonds is 6. The van der Waals surface area contributed by atoms with Crippen molar-refractivity contribution in [1.29, 1.82) is 0 Å². The molecule has 1 heterocycles. The van der Waals surface area contributed by atoms with E-state index in [-0.39, 0.29) is 12.4 Å². The Balaban J connectivity index is 1.91.